The van der Waals surface area contributed by atoms with Crippen LogP contribution in [0.4, 0.5) is 0 Å². The molecule has 6 heteroatoms. The predicted molar refractivity (Wildman–Crippen MR) is 92.8 cm³/mol. The average molecular weight is 334 g/mol. The molecule has 5 nitrogen and oxygen atoms in total. The number of rotatable bonds is 7. The van der Waals surface area contributed by atoms with Gasteiger partial charge in [-0.2, -0.15) is 5.10 Å². The minimum absolute atomic E-state index is 0.354. The topological polar surface area (TPSA) is 52.0 Å². The first kappa shape index (κ1) is 16.6. The number of hydrogen-bond acceptors (Lipinski definition) is 5. The summed E-state index contributed by atoms with van der Waals surface area (Å²) in [6.45, 7) is 6.78. The van der Waals surface area contributed by atoms with Crippen LogP contribution in [-0.4, -0.2) is 28.5 Å². The van der Waals surface area contributed by atoms with Gasteiger partial charge in [0.15, 0.2) is 0 Å². The Bertz CT molecular complexity index is 634. The third-order valence-electron chi connectivity index (χ3n) is 4.25. The predicted octanol–water partition coefficient (Wildman–Crippen LogP) is 3.28. The lowest BCUT2D eigenvalue weighted by Gasteiger charge is -2.21. The molecule has 0 saturated heterocycles. The van der Waals surface area contributed by atoms with Gasteiger partial charge >= 0.3 is 0 Å². The SMILES string of the molecule is COCCn1cc2c(n1)[C@@H](NCc1cnc(C(C)C)s1)CCC2. The lowest BCUT2D eigenvalue weighted by Crippen LogP contribution is -2.24. The van der Waals surface area contributed by atoms with Crippen LogP contribution in [0.3, 0.4) is 0 Å². The van der Waals surface area contributed by atoms with E-state index in [1.807, 2.05) is 22.2 Å². The molecule has 23 heavy (non-hydrogen) atoms. The van der Waals surface area contributed by atoms with E-state index in [9.17, 15) is 0 Å². The Hall–Kier alpha value is -1.24. The van der Waals surface area contributed by atoms with Crippen LogP contribution in [0.5, 0.6) is 0 Å². The molecule has 0 amide bonds. The van der Waals surface area contributed by atoms with Crippen molar-refractivity contribution >= 4 is 11.3 Å². The Morgan fingerprint density at radius 3 is 3.09 bits per heavy atom. The van der Waals surface area contributed by atoms with E-state index >= 15 is 0 Å². The minimum Gasteiger partial charge on any atom is -0.383 e. The van der Waals surface area contributed by atoms with Crippen LogP contribution in [0, 0.1) is 0 Å². The van der Waals surface area contributed by atoms with Gasteiger partial charge in [0, 0.05) is 36.8 Å². The fraction of sp³-hybridized carbons (Fsp3) is 0.647. The van der Waals surface area contributed by atoms with Gasteiger partial charge in [0.05, 0.1) is 29.9 Å². The molecule has 2 aromatic rings. The van der Waals surface area contributed by atoms with Crippen LogP contribution < -0.4 is 5.32 Å². The van der Waals surface area contributed by atoms with Crippen LogP contribution in [0.15, 0.2) is 12.4 Å². The Balaban J connectivity index is 1.64. The van der Waals surface area contributed by atoms with Crippen LogP contribution in [0.25, 0.3) is 0 Å². The van der Waals surface area contributed by atoms with Gasteiger partial charge in [-0.05, 0) is 24.8 Å². The van der Waals surface area contributed by atoms with Crippen molar-refractivity contribution in [2.75, 3.05) is 13.7 Å². The summed E-state index contributed by atoms with van der Waals surface area (Å²) in [5, 5.41) is 9.67. The molecule has 0 spiro atoms. The zero-order valence-corrected chi connectivity index (χ0v) is 15.0. The third-order valence-corrected chi connectivity index (χ3v) is 5.55. The van der Waals surface area contributed by atoms with Crippen molar-refractivity contribution in [1.82, 2.24) is 20.1 Å². The Labute approximate surface area is 142 Å². The highest BCUT2D eigenvalue weighted by atomic mass is 32.1. The van der Waals surface area contributed by atoms with E-state index in [1.54, 1.807) is 7.11 Å². The second-order valence-electron chi connectivity index (χ2n) is 6.44. The second-order valence-corrected chi connectivity index (χ2v) is 7.59. The molecule has 0 saturated carbocycles. The summed E-state index contributed by atoms with van der Waals surface area (Å²) < 4.78 is 7.18. The summed E-state index contributed by atoms with van der Waals surface area (Å²) in [7, 11) is 1.73. The van der Waals surface area contributed by atoms with E-state index in [0.717, 1.165) is 25.9 Å². The van der Waals surface area contributed by atoms with Crippen molar-refractivity contribution in [2.24, 2.45) is 0 Å². The quantitative estimate of drug-likeness (QED) is 0.844. The van der Waals surface area contributed by atoms with Gasteiger partial charge < -0.3 is 10.1 Å². The molecule has 126 valence electrons. The van der Waals surface area contributed by atoms with Crippen LogP contribution >= 0.6 is 11.3 Å². The molecule has 2 heterocycles. The minimum atomic E-state index is 0.354. The van der Waals surface area contributed by atoms with Gasteiger partial charge in [0.1, 0.15) is 0 Å². The van der Waals surface area contributed by atoms with E-state index in [-0.39, 0.29) is 0 Å². The number of nitrogens with one attached hydrogen (secondary N) is 1. The van der Waals surface area contributed by atoms with Crippen molar-refractivity contribution in [3.63, 3.8) is 0 Å². The molecule has 0 aliphatic heterocycles. The standard InChI is InChI=1S/C17H26N4OS/c1-12(2)17-19-10-14(23-17)9-18-15-6-4-5-13-11-21(7-8-22-3)20-16(13)15/h10-12,15,18H,4-9H2,1-3H3/t15-/m0/s1. The summed E-state index contributed by atoms with van der Waals surface area (Å²) in [4.78, 5) is 5.81. The van der Waals surface area contributed by atoms with Crippen molar-refractivity contribution in [3.05, 3.63) is 33.5 Å². The largest absolute Gasteiger partial charge is 0.383 e. The smallest absolute Gasteiger partial charge is 0.0953 e. The summed E-state index contributed by atoms with van der Waals surface area (Å²) in [6.07, 6.45) is 7.71. The number of aromatic nitrogens is 3. The average Bonchev–Trinajstić information content (AvgIpc) is 3.17. The first-order valence-electron chi connectivity index (χ1n) is 8.40. The highest BCUT2D eigenvalue weighted by molar-refractivity contribution is 7.11. The van der Waals surface area contributed by atoms with Crippen LogP contribution in [0.2, 0.25) is 0 Å². The van der Waals surface area contributed by atoms with Crippen LogP contribution in [0.1, 0.15) is 59.8 Å². The van der Waals surface area contributed by atoms with Gasteiger partial charge in [-0.25, -0.2) is 4.98 Å². The molecule has 1 aliphatic carbocycles. The zero-order valence-electron chi connectivity index (χ0n) is 14.2. The first-order chi connectivity index (χ1) is 11.2. The van der Waals surface area contributed by atoms with E-state index in [2.05, 4.69) is 30.3 Å². The number of fused-ring (bicyclic) bond motifs is 1. The number of ether oxygens (including phenoxy) is 1. The van der Waals surface area contributed by atoms with Crippen molar-refractivity contribution < 1.29 is 4.74 Å². The van der Waals surface area contributed by atoms with Gasteiger partial charge in [0.2, 0.25) is 0 Å². The maximum Gasteiger partial charge on any atom is 0.0953 e. The third kappa shape index (κ3) is 4.00. The normalized spacial score (nSPS) is 17.7. The molecule has 2 aromatic heterocycles. The molecule has 0 radical (unpaired) electrons. The van der Waals surface area contributed by atoms with E-state index in [0.29, 0.717) is 18.6 Å². The highest BCUT2D eigenvalue weighted by Gasteiger charge is 2.23. The van der Waals surface area contributed by atoms with Gasteiger partial charge in [-0.3, -0.25) is 4.68 Å². The summed E-state index contributed by atoms with van der Waals surface area (Å²) in [6, 6.07) is 0.354. The Morgan fingerprint density at radius 1 is 1.48 bits per heavy atom. The summed E-state index contributed by atoms with van der Waals surface area (Å²) >= 11 is 1.81. The maximum atomic E-state index is 5.15. The summed E-state index contributed by atoms with van der Waals surface area (Å²) in [5.74, 6) is 0.506. The van der Waals surface area contributed by atoms with E-state index in [1.165, 1.54) is 27.6 Å². The van der Waals surface area contributed by atoms with Crippen molar-refractivity contribution in [1.29, 1.82) is 0 Å². The lowest BCUT2D eigenvalue weighted by molar-refractivity contribution is 0.183. The second kappa shape index (κ2) is 7.55. The molecule has 1 aliphatic rings. The maximum absolute atomic E-state index is 5.15. The molecule has 1 atom stereocenters. The highest BCUT2D eigenvalue weighted by Crippen LogP contribution is 2.29. The fourth-order valence-corrected chi connectivity index (χ4v) is 3.86. The molecule has 1 N–H and O–H groups in total. The first-order valence-corrected chi connectivity index (χ1v) is 9.22. The molecular formula is C17H26N4OS. The summed E-state index contributed by atoms with van der Waals surface area (Å²) in [5.41, 5.74) is 2.61. The Morgan fingerprint density at radius 2 is 2.35 bits per heavy atom. The molecule has 0 unspecified atom stereocenters. The van der Waals surface area contributed by atoms with Gasteiger partial charge in [-0.15, -0.1) is 11.3 Å². The number of hydrogen-bond donors (Lipinski definition) is 1. The van der Waals surface area contributed by atoms with Crippen LogP contribution in [-0.2, 0) is 24.2 Å². The number of thiazole rings is 1. The van der Waals surface area contributed by atoms with Crippen molar-refractivity contribution in [2.45, 2.75) is 58.2 Å². The Kier molecular flexibility index (Phi) is 5.46. The molecule has 0 aromatic carbocycles. The molecule has 0 fully saturated rings. The van der Waals surface area contributed by atoms with Crippen molar-refractivity contribution in [3.8, 4) is 0 Å². The van der Waals surface area contributed by atoms with Gasteiger partial charge in [-0.1, -0.05) is 13.8 Å². The lowest BCUT2D eigenvalue weighted by atomic mass is 9.94. The fourth-order valence-electron chi connectivity index (χ4n) is 2.99. The van der Waals surface area contributed by atoms with E-state index in [4.69, 9.17) is 9.84 Å². The number of methoxy groups -OCH3 is 1. The zero-order chi connectivity index (χ0) is 16.2. The van der Waals surface area contributed by atoms with E-state index < -0.39 is 0 Å². The number of nitrogens with zero attached hydrogens (tertiary/aromatic N) is 3. The molecular weight excluding hydrogens is 308 g/mol. The van der Waals surface area contributed by atoms with Gasteiger partial charge in [0.25, 0.3) is 0 Å². The number of aryl methyl sites for hydroxylation is 1. The molecule has 3 rings (SSSR count). The monoisotopic (exact) mass is 334 g/mol. The molecule has 0 bridgehead atoms.